The van der Waals surface area contributed by atoms with Gasteiger partial charge < -0.3 is 5.32 Å². The number of thiophene rings is 1. The predicted octanol–water partition coefficient (Wildman–Crippen LogP) is 1.48. The molecule has 9 heteroatoms. The van der Waals surface area contributed by atoms with E-state index in [-0.39, 0.29) is 12.5 Å². The van der Waals surface area contributed by atoms with Crippen LogP contribution in [-0.2, 0) is 17.9 Å². The largest absolute Gasteiger partial charge is 0.350 e. The molecule has 0 spiro atoms. The Morgan fingerprint density at radius 3 is 3.10 bits per heavy atom. The third-order valence-electron chi connectivity index (χ3n) is 2.77. The van der Waals surface area contributed by atoms with E-state index in [1.54, 1.807) is 22.7 Å². The van der Waals surface area contributed by atoms with E-state index in [1.165, 1.54) is 11.0 Å². The van der Waals surface area contributed by atoms with Crippen molar-refractivity contribution in [1.29, 1.82) is 0 Å². The minimum absolute atomic E-state index is 0.114. The first-order valence-electron chi connectivity index (χ1n) is 6.20. The van der Waals surface area contributed by atoms with E-state index >= 15 is 0 Å². The summed E-state index contributed by atoms with van der Waals surface area (Å²) >= 11 is 3.26. The summed E-state index contributed by atoms with van der Waals surface area (Å²) in [7, 11) is 0. The normalized spacial score (nSPS) is 10.7. The van der Waals surface area contributed by atoms with Gasteiger partial charge in [-0.25, -0.2) is 9.67 Å². The average Bonchev–Trinajstić information content (AvgIpc) is 3.17. The molecule has 0 unspecified atom stereocenters. The maximum Gasteiger partial charge on any atom is 0.242 e. The number of nitrogens with one attached hydrogen (secondary N) is 1. The van der Waals surface area contributed by atoms with Gasteiger partial charge in [-0.1, -0.05) is 6.07 Å². The standard InChI is InChI=1S/C12H12N6OS2/c1-8-10(21-12(15-8)9-3-2-4-20-9)5-13-11(19)6-18-7-14-16-17-18/h2-4,7H,5-6H2,1H3,(H,13,19). The number of carbonyl (C=O) groups excluding carboxylic acids is 1. The van der Waals surface area contributed by atoms with E-state index in [1.807, 2.05) is 24.4 Å². The molecule has 0 saturated carbocycles. The van der Waals surface area contributed by atoms with Gasteiger partial charge in [0.15, 0.2) is 0 Å². The monoisotopic (exact) mass is 320 g/mol. The molecule has 21 heavy (non-hydrogen) atoms. The zero-order valence-electron chi connectivity index (χ0n) is 11.2. The van der Waals surface area contributed by atoms with Gasteiger partial charge in [0, 0.05) is 4.88 Å². The Bertz CT molecular complexity index is 719. The number of rotatable bonds is 5. The van der Waals surface area contributed by atoms with Crippen molar-refractivity contribution in [3.8, 4) is 9.88 Å². The third kappa shape index (κ3) is 3.31. The van der Waals surface area contributed by atoms with E-state index in [2.05, 4.69) is 25.8 Å². The maximum atomic E-state index is 11.8. The van der Waals surface area contributed by atoms with Crippen LogP contribution in [0.5, 0.6) is 0 Å². The highest BCUT2D eigenvalue weighted by Crippen LogP contribution is 2.30. The molecule has 3 aromatic rings. The quantitative estimate of drug-likeness (QED) is 0.769. The highest BCUT2D eigenvalue weighted by atomic mass is 32.1. The molecule has 0 fully saturated rings. The molecule has 0 radical (unpaired) electrons. The molecule has 7 nitrogen and oxygen atoms in total. The maximum absolute atomic E-state index is 11.8. The first kappa shape index (κ1) is 13.8. The summed E-state index contributed by atoms with van der Waals surface area (Å²) in [6, 6.07) is 4.05. The van der Waals surface area contributed by atoms with Gasteiger partial charge in [-0.3, -0.25) is 4.79 Å². The van der Waals surface area contributed by atoms with E-state index in [0.29, 0.717) is 6.54 Å². The van der Waals surface area contributed by atoms with Gasteiger partial charge in [-0.15, -0.1) is 27.8 Å². The minimum Gasteiger partial charge on any atom is -0.350 e. The van der Waals surface area contributed by atoms with Crippen LogP contribution in [0, 0.1) is 6.92 Å². The highest BCUT2D eigenvalue weighted by Gasteiger charge is 2.11. The number of hydrogen-bond acceptors (Lipinski definition) is 7. The van der Waals surface area contributed by atoms with Crippen LogP contribution in [0.15, 0.2) is 23.8 Å². The molecule has 0 saturated heterocycles. The van der Waals surface area contributed by atoms with Crippen LogP contribution in [0.4, 0.5) is 0 Å². The van der Waals surface area contributed by atoms with Crippen LogP contribution in [0.1, 0.15) is 10.6 Å². The number of hydrogen-bond donors (Lipinski definition) is 1. The molecule has 0 aliphatic heterocycles. The van der Waals surface area contributed by atoms with Crippen LogP contribution in [-0.4, -0.2) is 31.1 Å². The topological polar surface area (TPSA) is 85.6 Å². The number of aryl methyl sites for hydroxylation is 1. The zero-order valence-corrected chi connectivity index (χ0v) is 12.8. The van der Waals surface area contributed by atoms with Crippen molar-refractivity contribution in [2.75, 3.05) is 0 Å². The van der Waals surface area contributed by atoms with Crippen LogP contribution >= 0.6 is 22.7 Å². The number of aromatic nitrogens is 5. The van der Waals surface area contributed by atoms with Crippen LogP contribution < -0.4 is 5.32 Å². The Morgan fingerprint density at radius 2 is 2.38 bits per heavy atom. The van der Waals surface area contributed by atoms with E-state index in [0.717, 1.165) is 20.5 Å². The van der Waals surface area contributed by atoms with Crippen molar-refractivity contribution < 1.29 is 4.79 Å². The van der Waals surface area contributed by atoms with Gasteiger partial charge in [0.25, 0.3) is 0 Å². The first-order valence-corrected chi connectivity index (χ1v) is 7.89. The number of tetrazole rings is 1. The number of amides is 1. The summed E-state index contributed by atoms with van der Waals surface area (Å²) in [5, 5.41) is 16.5. The van der Waals surface area contributed by atoms with Crippen molar-refractivity contribution in [3.63, 3.8) is 0 Å². The zero-order chi connectivity index (χ0) is 14.7. The summed E-state index contributed by atoms with van der Waals surface area (Å²) in [4.78, 5) is 18.5. The van der Waals surface area contributed by atoms with Crippen molar-refractivity contribution in [1.82, 2.24) is 30.5 Å². The SMILES string of the molecule is Cc1nc(-c2cccs2)sc1CNC(=O)Cn1cnnn1. The van der Waals surface area contributed by atoms with Crippen LogP contribution in [0.3, 0.4) is 0 Å². The van der Waals surface area contributed by atoms with Gasteiger partial charge in [0.2, 0.25) is 5.91 Å². The Kier molecular flexibility index (Phi) is 4.02. The fourth-order valence-corrected chi connectivity index (χ4v) is 3.53. The van der Waals surface area contributed by atoms with Gasteiger partial charge >= 0.3 is 0 Å². The Hall–Kier alpha value is -2.13. The summed E-state index contributed by atoms with van der Waals surface area (Å²) in [5.74, 6) is -0.132. The van der Waals surface area contributed by atoms with Crippen molar-refractivity contribution in [3.05, 3.63) is 34.4 Å². The summed E-state index contributed by atoms with van der Waals surface area (Å²) < 4.78 is 1.38. The fraction of sp³-hybridized carbons (Fsp3) is 0.250. The molecule has 0 aromatic carbocycles. The summed E-state index contributed by atoms with van der Waals surface area (Å²) in [6.07, 6.45) is 1.41. The lowest BCUT2D eigenvalue weighted by atomic mass is 10.4. The molecule has 108 valence electrons. The second-order valence-corrected chi connectivity index (χ2v) is 6.32. The van der Waals surface area contributed by atoms with Crippen LogP contribution in [0.25, 0.3) is 9.88 Å². The van der Waals surface area contributed by atoms with Gasteiger partial charge in [-0.05, 0) is 28.8 Å². The van der Waals surface area contributed by atoms with Crippen molar-refractivity contribution in [2.24, 2.45) is 0 Å². The molecular weight excluding hydrogens is 308 g/mol. The summed E-state index contributed by atoms with van der Waals surface area (Å²) in [6.45, 7) is 2.54. The van der Waals surface area contributed by atoms with E-state index < -0.39 is 0 Å². The lowest BCUT2D eigenvalue weighted by Gasteiger charge is -2.03. The Labute approximate surface area is 128 Å². The fourth-order valence-electron chi connectivity index (χ4n) is 1.73. The molecule has 1 amide bonds. The van der Waals surface area contributed by atoms with E-state index in [9.17, 15) is 4.79 Å². The van der Waals surface area contributed by atoms with Crippen LogP contribution in [0.2, 0.25) is 0 Å². The van der Waals surface area contributed by atoms with Crippen molar-refractivity contribution >= 4 is 28.6 Å². The second kappa shape index (κ2) is 6.10. The molecule has 1 N–H and O–H groups in total. The number of nitrogens with zero attached hydrogens (tertiary/aromatic N) is 5. The molecule has 0 aliphatic rings. The van der Waals surface area contributed by atoms with Crippen molar-refractivity contribution in [2.45, 2.75) is 20.0 Å². The average molecular weight is 320 g/mol. The summed E-state index contributed by atoms with van der Waals surface area (Å²) in [5.41, 5.74) is 0.950. The molecule has 3 aromatic heterocycles. The molecular formula is C12H12N6OS2. The molecule has 0 aliphatic carbocycles. The molecule has 3 rings (SSSR count). The number of carbonyl (C=O) groups is 1. The number of thiazole rings is 1. The highest BCUT2D eigenvalue weighted by molar-refractivity contribution is 7.21. The minimum atomic E-state index is -0.132. The predicted molar refractivity (Wildman–Crippen MR) is 79.8 cm³/mol. The van der Waals surface area contributed by atoms with Gasteiger partial charge in [0.05, 0.1) is 17.1 Å². The Balaban J connectivity index is 1.61. The smallest absolute Gasteiger partial charge is 0.242 e. The lowest BCUT2D eigenvalue weighted by Crippen LogP contribution is -2.27. The molecule has 0 atom stereocenters. The Morgan fingerprint density at radius 1 is 1.48 bits per heavy atom. The van der Waals surface area contributed by atoms with Gasteiger partial charge in [0.1, 0.15) is 17.9 Å². The lowest BCUT2D eigenvalue weighted by molar-refractivity contribution is -0.122. The second-order valence-electron chi connectivity index (χ2n) is 4.29. The third-order valence-corrected chi connectivity index (χ3v) is 4.96. The first-order chi connectivity index (χ1) is 10.2. The van der Waals surface area contributed by atoms with Gasteiger partial charge in [-0.2, -0.15) is 0 Å². The van der Waals surface area contributed by atoms with E-state index in [4.69, 9.17) is 0 Å². The molecule has 0 bridgehead atoms. The molecule has 3 heterocycles.